The molecule has 2 atom stereocenters. The zero-order valence-electron chi connectivity index (χ0n) is 12.5. The summed E-state index contributed by atoms with van der Waals surface area (Å²) in [7, 11) is 1.32. The van der Waals surface area contributed by atoms with Crippen LogP contribution < -0.4 is 10.6 Å². The third-order valence-corrected chi connectivity index (χ3v) is 3.87. The molecule has 3 amide bonds. The van der Waals surface area contributed by atoms with Crippen molar-refractivity contribution in [3.63, 3.8) is 0 Å². The Morgan fingerprint density at radius 3 is 2.77 bits per heavy atom. The predicted molar refractivity (Wildman–Crippen MR) is 80.6 cm³/mol. The van der Waals surface area contributed by atoms with Gasteiger partial charge < -0.3 is 15.7 Å². The van der Waals surface area contributed by atoms with Crippen molar-refractivity contribution in [3.8, 4) is 0 Å². The SMILES string of the molecule is C[C@@H](C(=O)N[C@H]1CCc2ccccc2NC1=O)N(C)C(=O)O. The number of hydrogen-bond acceptors (Lipinski definition) is 3. The molecule has 3 N–H and O–H groups in total. The minimum Gasteiger partial charge on any atom is -0.465 e. The molecule has 0 aromatic heterocycles. The average molecular weight is 305 g/mol. The first kappa shape index (κ1) is 15.8. The topological polar surface area (TPSA) is 98.7 Å². The Morgan fingerprint density at radius 2 is 2.09 bits per heavy atom. The summed E-state index contributed by atoms with van der Waals surface area (Å²) in [6.45, 7) is 1.48. The zero-order chi connectivity index (χ0) is 16.3. The number of aryl methyl sites for hydroxylation is 1. The third kappa shape index (κ3) is 3.36. The number of para-hydroxylation sites is 1. The van der Waals surface area contributed by atoms with E-state index in [9.17, 15) is 14.4 Å². The van der Waals surface area contributed by atoms with Gasteiger partial charge in [-0.3, -0.25) is 14.5 Å². The van der Waals surface area contributed by atoms with Crippen molar-refractivity contribution in [3.05, 3.63) is 29.8 Å². The molecule has 0 bridgehead atoms. The minimum absolute atomic E-state index is 0.288. The summed E-state index contributed by atoms with van der Waals surface area (Å²) in [6, 6.07) is 5.94. The van der Waals surface area contributed by atoms with Crippen LogP contribution in [0, 0.1) is 0 Å². The maximum atomic E-state index is 12.2. The highest BCUT2D eigenvalue weighted by molar-refractivity contribution is 5.99. The summed E-state index contributed by atoms with van der Waals surface area (Å²) in [4.78, 5) is 36.0. The monoisotopic (exact) mass is 305 g/mol. The summed E-state index contributed by atoms with van der Waals surface area (Å²) in [6.07, 6.45) is -0.0680. The van der Waals surface area contributed by atoms with Gasteiger partial charge in [0.2, 0.25) is 11.8 Å². The average Bonchev–Trinajstić information content (AvgIpc) is 2.65. The van der Waals surface area contributed by atoms with Crippen molar-refractivity contribution in [2.75, 3.05) is 12.4 Å². The van der Waals surface area contributed by atoms with E-state index in [-0.39, 0.29) is 5.91 Å². The molecule has 7 nitrogen and oxygen atoms in total. The van der Waals surface area contributed by atoms with E-state index in [4.69, 9.17) is 5.11 Å². The van der Waals surface area contributed by atoms with E-state index >= 15 is 0 Å². The van der Waals surface area contributed by atoms with Crippen LogP contribution in [0.5, 0.6) is 0 Å². The van der Waals surface area contributed by atoms with Crippen LogP contribution >= 0.6 is 0 Å². The standard InChI is InChI=1S/C15H19N3O4/c1-9(18(2)15(21)22)13(19)17-12-8-7-10-5-3-4-6-11(10)16-14(12)20/h3-6,9,12H,7-8H2,1-2H3,(H,16,20)(H,17,19)(H,21,22)/t9-,12-/m0/s1. The van der Waals surface area contributed by atoms with E-state index in [2.05, 4.69) is 10.6 Å². The number of fused-ring (bicyclic) bond motifs is 1. The molecule has 0 unspecified atom stereocenters. The molecule has 2 rings (SSSR count). The number of rotatable bonds is 3. The number of hydrogen-bond donors (Lipinski definition) is 3. The largest absolute Gasteiger partial charge is 0.465 e. The van der Waals surface area contributed by atoms with Crippen molar-refractivity contribution in [2.45, 2.75) is 31.8 Å². The van der Waals surface area contributed by atoms with Gasteiger partial charge in [0.25, 0.3) is 0 Å². The minimum atomic E-state index is -1.19. The Kier molecular flexibility index (Phi) is 4.65. The highest BCUT2D eigenvalue weighted by atomic mass is 16.4. The first-order valence-electron chi connectivity index (χ1n) is 7.05. The molecular formula is C15H19N3O4. The van der Waals surface area contributed by atoms with Crippen LogP contribution in [0.1, 0.15) is 18.9 Å². The number of carbonyl (C=O) groups is 3. The van der Waals surface area contributed by atoms with E-state index in [1.807, 2.05) is 24.3 Å². The predicted octanol–water partition coefficient (Wildman–Crippen LogP) is 1.05. The van der Waals surface area contributed by atoms with Crippen LogP contribution in [-0.4, -0.2) is 47.0 Å². The highest BCUT2D eigenvalue weighted by Gasteiger charge is 2.28. The van der Waals surface area contributed by atoms with Gasteiger partial charge in [0, 0.05) is 12.7 Å². The quantitative estimate of drug-likeness (QED) is 0.777. The molecule has 0 radical (unpaired) electrons. The molecule has 22 heavy (non-hydrogen) atoms. The molecule has 0 fully saturated rings. The maximum absolute atomic E-state index is 12.2. The van der Waals surface area contributed by atoms with Gasteiger partial charge in [0.1, 0.15) is 12.1 Å². The normalized spacial score (nSPS) is 18.5. The summed E-state index contributed by atoms with van der Waals surface area (Å²) in [5.74, 6) is -0.778. The lowest BCUT2D eigenvalue weighted by molar-refractivity contribution is -0.129. The number of carbonyl (C=O) groups excluding carboxylic acids is 2. The fourth-order valence-corrected chi connectivity index (χ4v) is 2.28. The fourth-order valence-electron chi connectivity index (χ4n) is 2.28. The molecule has 1 aliphatic rings. The molecular weight excluding hydrogens is 286 g/mol. The number of amides is 3. The van der Waals surface area contributed by atoms with Crippen molar-refractivity contribution < 1.29 is 19.5 Å². The summed E-state index contributed by atoms with van der Waals surface area (Å²) in [5, 5.41) is 14.3. The van der Waals surface area contributed by atoms with Gasteiger partial charge in [-0.1, -0.05) is 18.2 Å². The zero-order valence-corrected chi connectivity index (χ0v) is 12.5. The second-order valence-electron chi connectivity index (χ2n) is 5.32. The van der Waals surface area contributed by atoms with Gasteiger partial charge in [0.05, 0.1) is 0 Å². The molecule has 1 heterocycles. The number of benzene rings is 1. The van der Waals surface area contributed by atoms with Crippen LogP contribution in [0.25, 0.3) is 0 Å². The van der Waals surface area contributed by atoms with Crippen molar-refractivity contribution >= 4 is 23.6 Å². The molecule has 1 aromatic rings. The molecule has 0 spiro atoms. The van der Waals surface area contributed by atoms with Crippen LogP contribution in [-0.2, 0) is 16.0 Å². The Bertz CT molecular complexity index is 602. The molecule has 7 heteroatoms. The second kappa shape index (κ2) is 6.46. The number of anilines is 1. The van der Waals surface area contributed by atoms with E-state index < -0.39 is 24.1 Å². The third-order valence-electron chi connectivity index (χ3n) is 3.87. The fraction of sp³-hybridized carbons (Fsp3) is 0.400. The van der Waals surface area contributed by atoms with Gasteiger partial charge in [0.15, 0.2) is 0 Å². The van der Waals surface area contributed by atoms with E-state index in [0.29, 0.717) is 12.8 Å². The number of carboxylic acid groups (broad SMARTS) is 1. The number of nitrogens with one attached hydrogen (secondary N) is 2. The van der Waals surface area contributed by atoms with E-state index in [1.54, 1.807) is 0 Å². The summed E-state index contributed by atoms with van der Waals surface area (Å²) in [5.41, 5.74) is 1.77. The Balaban J connectivity index is 2.04. The number of nitrogens with zero attached hydrogens (tertiary/aromatic N) is 1. The lowest BCUT2D eigenvalue weighted by atomic mass is 10.1. The lowest BCUT2D eigenvalue weighted by Crippen LogP contribution is -2.51. The van der Waals surface area contributed by atoms with Gasteiger partial charge in [-0.2, -0.15) is 0 Å². The Labute approximate surface area is 128 Å². The first-order valence-corrected chi connectivity index (χ1v) is 7.05. The van der Waals surface area contributed by atoms with Gasteiger partial charge in [-0.25, -0.2) is 4.79 Å². The lowest BCUT2D eigenvalue weighted by Gasteiger charge is -2.23. The smallest absolute Gasteiger partial charge is 0.407 e. The van der Waals surface area contributed by atoms with Crippen LogP contribution in [0.4, 0.5) is 10.5 Å². The molecule has 1 aliphatic heterocycles. The number of likely N-dealkylation sites (N-methyl/N-ethyl adjacent to an activating group) is 1. The van der Waals surface area contributed by atoms with Crippen molar-refractivity contribution in [1.29, 1.82) is 0 Å². The molecule has 0 saturated carbocycles. The van der Waals surface area contributed by atoms with Crippen LogP contribution in [0.15, 0.2) is 24.3 Å². The summed E-state index contributed by atoms with van der Waals surface area (Å²) < 4.78 is 0. The Morgan fingerprint density at radius 1 is 1.41 bits per heavy atom. The Hall–Kier alpha value is -2.57. The maximum Gasteiger partial charge on any atom is 0.407 e. The van der Waals surface area contributed by atoms with Crippen LogP contribution in [0.3, 0.4) is 0 Å². The van der Waals surface area contributed by atoms with E-state index in [0.717, 1.165) is 16.2 Å². The molecule has 118 valence electrons. The van der Waals surface area contributed by atoms with E-state index in [1.165, 1.54) is 14.0 Å². The second-order valence-corrected chi connectivity index (χ2v) is 5.32. The molecule has 1 aromatic carbocycles. The van der Waals surface area contributed by atoms with Gasteiger partial charge in [-0.05, 0) is 31.4 Å². The van der Waals surface area contributed by atoms with Crippen molar-refractivity contribution in [2.24, 2.45) is 0 Å². The summed E-state index contributed by atoms with van der Waals surface area (Å²) >= 11 is 0. The van der Waals surface area contributed by atoms with Gasteiger partial charge >= 0.3 is 6.09 Å². The molecule has 0 saturated heterocycles. The molecule has 0 aliphatic carbocycles. The van der Waals surface area contributed by atoms with Crippen molar-refractivity contribution in [1.82, 2.24) is 10.2 Å². The highest BCUT2D eigenvalue weighted by Crippen LogP contribution is 2.21. The van der Waals surface area contributed by atoms with Gasteiger partial charge in [-0.15, -0.1) is 0 Å². The first-order chi connectivity index (χ1) is 10.4. The van der Waals surface area contributed by atoms with Crippen LogP contribution in [0.2, 0.25) is 0 Å².